The van der Waals surface area contributed by atoms with E-state index in [0.717, 1.165) is 12.0 Å². The van der Waals surface area contributed by atoms with Crippen molar-refractivity contribution in [2.75, 3.05) is 18.0 Å². The maximum atomic E-state index is 12.4. The van der Waals surface area contributed by atoms with Crippen molar-refractivity contribution in [2.24, 2.45) is 0 Å². The van der Waals surface area contributed by atoms with Crippen LogP contribution in [0.2, 0.25) is 0 Å². The van der Waals surface area contributed by atoms with Crippen molar-refractivity contribution in [1.82, 2.24) is 4.90 Å². The van der Waals surface area contributed by atoms with Crippen molar-refractivity contribution < 1.29 is 14.3 Å². The summed E-state index contributed by atoms with van der Waals surface area (Å²) in [4.78, 5) is 27.4. The summed E-state index contributed by atoms with van der Waals surface area (Å²) in [5.74, 6) is 0. The average molecular weight is 318 g/mol. The molecule has 5 heteroatoms. The van der Waals surface area contributed by atoms with Crippen LogP contribution in [0.5, 0.6) is 0 Å². The Hall–Kier alpha value is -2.04. The Labute approximate surface area is 138 Å². The van der Waals surface area contributed by atoms with E-state index < -0.39 is 5.60 Å². The Morgan fingerprint density at radius 2 is 1.83 bits per heavy atom. The SMILES string of the molecule is CC1CN(c2cccc(C=O)c2)CC(C)N1C(=O)OC(C)(C)C. The van der Waals surface area contributed by atoms with Gasteiger partial charge in [0.25, 0.3) is 0 Å². The van der Waals surface area contributed by atoms with E-state index in [-0.39, 0.29) is 18.2 Å². The summed E-state index contributed by atoms with van der Waals surface area (Å²) in [5, 5.41) is 0. The lowest BCUT2D eigenvalue weighted by atomic mass is 10.1. The van der Waals surface area contributed by atoms with Crippen molar-refractivity contribution >= 4 is 18.1 Å². The van der Waals surface area contributed by atoms with E-state index in [1.165, 1.54) is 0 Å². The number of hydrogen-bond donors (Lipinski definition) is 0. The first-order valence-electron chi connectivity index (χ1n) is 8.03. The number of hydrogen-bond acceptors (Lipinski definition) is 4. The van der Waals surface area contributed by atoms with Gasteiger partial charge >= 0.3 is 6.09 Å². The fourth-order valence-corrected chi connectivity index (χ4v) is 3.00. The standard InChI is InChI=1S/C18H26N2O3/c1-13-10-19(16-8-6-7-15(9-16)12-21)11-14(2)20(13)17(22)23-18(3,4)5/h6-9,12-14H,10-11H2,1-5H3. The van der Waals surface area contributed by atoms with E-state index in [2.05, 4.69) is 4.90 Å². The van der Waals surface area contributed by atoms with Crippen molar-refractivity contribution in [3.8, 4) is 0 Å². The summed E-state index contributed by atoms with van der Waals surface area (Å²) < 4.78 is 5.52. The second-order valence-electron chi connectivity index (χ2n) is 7.20. The highest BCUT2D eigenvalue weighted by Crippen LogP contribution is 2.24. The van der Waals surface area contributed by atoms with Gasteiger partial charge in [0, 0.05) is 24.3 Å². The number of aldehydes is 1. The van der Waals surface area contributed by atoms with E-state index in [0.29, 0.717) is 18.7 Å². The van der Waals surface area contributed by atoms with Crippen LogP contribution in [0.15, 0.2) is 24.3 Å². The maximum Gasteiger partial charge on any atom is 0.410 e. The third-order valence-corrected chi connectivity index (χ3v) is 3.89. The normalized spacial score (nSPS) is 22.0. The van der Waals surface area contributed by atoms with Crippen molar-refractivity contribution in [2.45, 2.75) is 52.3 Å². The minimum atomic E-state index is -0.494. The summed E-state index contributed by atoms with van der Waals surface area (Å²) in [6, 6.07) is 7.63. The van der Waals surface area contributed by atoms with Gasteiger partial charge in [0.1, 0.15) is 11.9 Å². The largest absolute Gasteiger partial charge is 0.444 e. The molecule has 1 aromatic rings. The zero-order valence-electron chi connectivity index (χ0n) is 14.6. The smallest absolute Gasteiger partial charge is 0.410 e. The van der Waals surface area contributed by atoms with Crippen LogP contribution in [0.3, 0.4) is 0 Å². The van der Waals surface area contributed by atoms with E-state index in [9.17, 15) is 9.59 Å². The molecule has 0 saturated carbocycles. The second kappa shape index (κ2) is 6.60. The number of carbonyl (C=O) groups excluding carboxylic acids is 2. The summed E-state index contributed by atoms with van der Waals surface area (Å²) in [5.41, 5.74) is 1.18. The molecule has 1 aromatic carbocycles. The molecule has 0 N–H and O–H groups in total. The number of piperazine rings is 1. The van der Waals surface area contributed by atoms with Gasteiger partial charge in [0.15, 0.2) is 0 Å². The quantitative estimate of drug-likeness (QED) is 0.785. The molecule has 0 spiro atoms. The number of ether oxygens (including phenoxy) is 1. The first-order valence-corrected chi connectivity index (χ1v) is 8.03. The lowest BCUT2D eigenvalue weighted by molar-refractivity contribution is 0.00566. The first kappa shape index (κ1) is 17.3. The van der Waals surface area contributed by atoms with Crippen LogP contribution in [0, 0.1) is 0 Å². The van der Waals surface area contributed by atoms with Crippen LogP contribution in [0.25, 0.3) is 0 Å². The van der Waals surface area contributed by atoms with Gasteiger partial charge in [0.2, 0.25) is 0 Å². The predicted octanol–water partition coefficient (Wildman–Crippen LogP) is 3.33. The molecule has 126 valence electrons. The lowest BCUT2D eigenvalue weighted by Gasteiger charge is -2.45. The molecule has 2 rings (SSSR count). The Morgan fingerprint density at radius 1 is 1.22 bits per heavy atom. The van der Waals surface area contributed by atoms with Gasteiger partial charge < -0.3 is 9.64 Å². The summed E-state index contributed by atoms with van der Waals surface area (Å²) >= 11 is 0. The Morgan fingerprint density at radius 3 is 2.35 bits per heavy atom. The fourth-order valence-electron chi connectivity index (χ4n) is 3.00. The fraction of sp³-hybridized carbons (Fsp3) is 0.556. The molecule has 0 aromatic heterocycles. The van der Waals surface area contributed by atoms with Gasteiger partial charge in [-0.3, -0.25) is 9.69 Å². The second-order valence-corrected chi connectivity index (χ2v) is 7.20. The topological polar surface area (TPSA) is 49.9 Å². The van der Waals surface area contributed by atoms with E-state index in [1.807, 2.05) is 57.7 Å². The van der Waals surface area contributed by atoms with Gasteiger partial charge in [-0.05, 0) is 46.8 Å². The number of nitrogens with zero attached hydrogens (tertiary/aromatic N) is 2. The summed E-state index contributed by atoms with van der Waals surface area (Å²) in [7, 11) is 0. The molecular weight excluding hydrogens is 292 g/mol. The third-order valence-electron chi connectivity index (χ3n) is 3.89. The maximum absolute atomic E-state index is 12.4. The molecule has 23 heavy (non-hydrogen) atoms. The number of benzene rings is 1. The molecule has 0 aliphatic carbocycles. The van der Waals surface area contributed by atoms with E-state index in [1.54, 1.807) is 6.07 Å². The molecule has 5 nitrogen and oxygen atoms in total. The van der Waals surface area contributed by atoms with Gasteiger partial charge in [0.05, 0.1) is 12.1 Å². The highest BCUT2D eigenvalue weighted by atomic mass is 16.6. The first-order chi connectivity index (χ1) is 10.7. The highest BCUT2D eigenvalue weighted by Gasteiger charge is 2.35. The molecule has 1 aliphatic rings. The zero-order chi connectivity index (χ0) is 17.2. The zero-order valence-corrected chi connectivity index (χ0v) is 14.6. The molecule has 1 heterocycles. The molecule has 1 amide bonds. The van der Waals surface area contributed by atoms with Crippen molar-refractivity contribution in [1.29, 1.82) is 0 Å². The summed E-state index contributed by atoms with van der Waals surface area (Å²) in [6.07, 6.45) is 0.589. The van der Waals surface area contributed by atoms with Crippen LogP contribution in [-0.2, 0) is 4.74 Å². The molecule has 1 fully saturated rings. The van der Waals surface area contributed by atoms with Crippen molar-refractivity contribution in [3.63, 3.8) is 0 Å². The number of amides is 1. The molecule has 0 bridgehead atoms. The van der Waals surface area contributed by atoms with Gasteiger partial charge in [-0.15, -0.1) is 0 Å². The molecule has 0 radical (unpaired) electrons. The number of anilines is 1. The number of carbonyl (C=O) groups is 2. The van der Waals surface area contributed by atoms with E-state index >= 15 is 0 Å². The minimum Gasteiger partial charge on any atom is -0.444 e. The Kier molecular flexibility index (Phi) is 4.97. The van der Waals surface area contributed by atoms with Crippen molar-refractivity contribution in [3.05, 3.63) is 29.8 Å². The molecule has 1 aliphatic heterocycles. The molecule has 1 saturated heterocycles. The van der Waals surface area contributed by atoms with Crippen LogP contribution in [0.1, 0.15) is 45.0 Å². The highest BCUT2D eigenvalue weighted by molar-refractivity contribution is 5.77. The van der Waals surface area contributed by atoms with Crippen LogP contribution < -0.4 is 4.90 Å². The molecular formula is C18H26N2O3. The van der Waals surface area contributed by atoms with Gasteiger partial charge in [-0.1, -0.05) is 12.1 Å². The molecule has 2 atom stereocenters. The average Bonchev–Trinajstić information content (AvgIpc) is 2.44. The Bertz CT molecular complexity index is 568. The monoisotopic (exact) mass is 318 g/mol. The van der Waals surface area contributed by atoms with Gasteiger partial charge in [-0.25, -0.2) is 4.79 Å². The van der Waals surface area contributed by atoms with Gasteiger partial charge in [-0.2, -0.15) is 0 Å². The van der Waals surface area contributed by atoms with Crippen LogP contribution in [-0.4, -0.2) is 48.1 Å². The number of rotatable bonds is 2. The van der Waals surface area contributed by atoms with Crippen LogP contribution in [0.4, 0.5) is 10.5 Å². The lowest BCUT2D eigenvalue weighted by Crippen LogP contribution is -2.59. The summed E-state index contributed by atoms with van der Waals surface area (Å²) in [6.45, 7) is 11.1. The van der Waals surface area contributed by atoms with Crippen LogP contribution >= 0.6 is 0 Å². The van der Waals surface area contributed by atoms with E-state index in [4.69, 9.17) is 4.74 Å². The molecule has 2 unspecified atom stereocenters. The minimum absolute atomic E-state index is 0.0356. The Balaban J connectivity index is 2.12. The predicted molar refractivity (Wildman–Crippen MR) is 91.0 cm³/mol. The third kappa shape index (κ3) is 4.24.